The first-order valence-corrected chi connectivity index (χ1v) is 14.7. The molecule has 2 atom stereocenters. The molecule has 3 aliphatic rings. The van der Waals surface area contributed by atoms with Gasteiger partial charge in [0.25, 0.3) is 0 Å². The molecule has 40 heavy (non-hydrogen) atoms. The van der Waals surface area contributed by atoms with E-state index in [4.69, 9.17) is 14.2 Å². The molecule has 0 spiro atoms. The molecule has 1 N–H and O–H groups in total. The summed E-state index contributed by atoms with van der Waals surface area (Å²) in [5.41, 5.74) is 0.609. The van der Waals surface area contributed by atoms with Gasteiger partial charge >= 0.3 is 5.97 Å². The van der Waals surface area contributed by atoms with E-state index in [0.29, 0.717) is 43.3 Å². The largest absolute Gasteiger partial charge is 0.493 e. The van der Waals surface area contributed by atoms with Crippen molar-refractivity contribution in [1.29, 1.82) is 0 Å². The molecule has 2 amide bonds. The van der Waals surface area contributed by atoms with E-state index in [0.717, 1.165) is 30.5 Å². The molecule has 1 aromatic rings. The predicted octanol–water partition coefficient (Wildman–Crippen LogP) is 5.04. The van der Waals surface area contributed by atoms with Crippen LogP contribution in [-0.4, -0.2) is 57.1 Å². The van der Waals surface area contributed by atoms with Gasteiger partial charge in [0.05, 0.1) is 21.3 Å². The lowest BCUT2D eigenvalue weighted by atomic mass is 9.59. The van der Waals surface area contributed by atoms with Crippen LogP contribution in [0.5, 0.6) is 11.5 Å². The van der Waals surface area contributed by atoms with Crippen molar-refractivity contribution in [2.75, 3.05) is 34.4 Å². The van der Waals surface area contributed by atoms with Crippen molar-refractivity contribution in [3.05, 3.63) is 35.5 Å². The normalized spacial score (nSPS) is 24.5. The summed E-state index contributed by atoms with van der Waals surface area (Å²) >= 11 is 0. The molecule has 1 aromatic carbocycles. The first-order chi connectivity index (χ1) is 19.1. The number of allylic oxidation sites excluding steroid dienone is 1. The minimum absolute atomic E-state index is 0.0743. The van der Waals surface area contributed by atoms with Gasteiger partial charge in [-0.05, 0) is 67.6 Å². The zero-order valence-corrected chi connectivity index (χ0v) is 24.8. The first kappa shape index (κ1) is 29.9. The Labute approximate surface area is 238 Å². The van der Waals surface area contributed by atoms with Crippen LogP contribution >= 0.6 is 0 Å². The van der Waals surface area contributed by atoms with Gasteiger partial charge < -0.3 is 24.4 Å². The fraction of sp³-hybridized carbons (Fsp3) is 0.656. The topological polar surface area (TPSA) is 94.2 Å². The summed E-state index contributed by atoms with van der Waals surface area (Å²) in [6.45, 7) is 5.32. The van der Waals surface area contributed by atoms with Gasteiger partial charge in [0.15, 0.2) is 11.5 Å². The quantitative estimate of drug-likeness (QED) is 0.407. The minimum Gasteiger partial charge on any atom is -0.493 e. The van der Waals surface area contributed by atoms with Gasteiger partial charge in [0, 0.05) is 31.1 Å². The third kappa shape index (κ3) is 6.47. The van der Waals surface area contributed by atoms with Gasteiger partial charge in [-0.25, -0.2) is 0 Å². The fourth-order valence-electron chi connectivity index (χ4n) is 7.01. The molecule has 1 aliphatic heterocycles. The Bertz CT molecular complexity index is 1120. The van der Waals surface area contributed by atoms with Crippen LogP contribution < -0.4 is 14.8 Å². The third-order valence-electron chi connectivity index (χ3n) is 9.01. The van der Waals surface area contributed by atoms with E-state index in [1.54, 1.807) is 19.1 Å². The van der Waals surface area contributed by atoms with Gasteiger partial charge in [-0.2, -0.15) is 0 Å². The molecule has 4 rings (SSSR count). The zero-order valence-electron chi connectivity index (χ0n) is 24.8. The van der Waals surface area contributed by atoms with Crippen LogP contribution in [0.15, 0.2) is 30.0 Å². The number of piperidine rings is 1. The van der Waals surface area contributed by atoms with Crippen LogP contribution in [0, 0.1) is 22.7 Å². The zero-order chi connectivity index (χ0) is 28.9. The lowest BCUT2D eigenvalue weighted by molar-refractivity contribution is -0.162. The van der Waals surface area contributed by atoms with Crippen molar-refractivity contribution in [1.82, 2.24) is 10.2 Å². The van der Waals surface area contributed by atoms with E-state index >= 15 is 0 Å². The van der Waals surface area contributed by atoms with Gasteiger partial charge in [0.1, 0.15) is 5.41 Å². The minimum atomic E-state index is -0.962. The predicted molar refractivity (Wildman–Crippen MR) is 153 cm³/mol. The van der Waals surface area contributed by atoms with Crippen molar-refractivity contribution >= 4 is 17.8 Å². The smallest absolute Gasteiger partial charge is 0.317 e. The average Bonchev–Trinajstić information content (AvgIpc) is 2.95. The summed E-state index contributed by atoms with van der Waals surface area (Å²) in [6.07, 6.45) is 10.3. The van der Waals surface area contributed by atoms with E-state index in [2.05, 4.69) is 19.2 Å². The van der Waals surface area contributed by atoms with Crippen LogP contribution in [0.2, 0.25) is 0 Å². The maximum atomic E-state index is 14.0. The second-order valence-corrected chi connectivity index (χ2v) is 12.6. The molecule has 1 saturated heterocycles. The number of benzene rings is 1. The van der Waals surface area contributed by atoms with Crippen LogP contribution in [-0.2, 0) is 25.5 Å². The number of nitrogens with one attached hydrogen (secondary N) is 1. The van der Waals surface area contributed by atoms with E-state index in [9.17, 15) is 14.4 Å². The summed E-state index contributed by atoms with van der Waals surface area (Å²) in [6, 6.07) is 5.72. The Kier molecular flexibility index (Phi) is 9.47. The number of nitrogens with zero attached hydrogens (tertiary/aromatic N) is 1. The summed E-state index contributed by atoms with van der Waals surface area (Å²) in [5, 5.41) is 3.09. The molecule has 2 fully saturated rings. The highest BCUT2D eigenvalue weighted by Gasteiger charge is 2.57. The molecule has 8 heteroatoms. The van der Waals surface area contributed by atoms with Crippen molar-refractivity contribution in [3.8, 4) is 11.5 Å². The van der Waals surface area contributed by atoms with Crippen LogP contribution in [0.25, 0.3) is 0 Å². The number of ether oxygens (including phenoxy) is 3. The van der Waals surface area contributed by atoms with Crippen molar-refractivity contribution in [2.24, 2.45) is 22.7 Å². The second-order valence-electron chi connectivity index (χ2n) is 12.6. The number of likely N-dealkylation sites (tertiary alicyclic amines) is 1. The number of carbonyl (C=O) groups excluding carboxylic acids is 3. The number of hydrogen-bond acceptors (Lipinski definition) is 6. The molecular formula is C32H46N2O6. The molecule has 220 valence electrons. The Morgan fingerprint density at radius 1 is 1.05 bits per heavy atom. The Morgan fingerprint density at radius 2 is 1.77 bits per heavy atom. The lowest BCUT2D eigenvalue weighted by Crippen LogP contribution is -2.56. The Balaban J connectivity index is 1.58. The highest BCUT2D eigenvalue weighted by molar-refractivity contribution is 5.92. The van der Waals surface area contributed by atoms with E-state index in [-0.39, 0.29) is 36.0 Å². The van der Waals surface area contributed by atoms with E-state index in [1.807, 2.05) is 24.3 Å². The molecule has 1 saturated carbocycles. The Morgan fingerprint density at radius 3 is 2.45 bits per heavy atom. The monoisotopic (exact) mass is 554 g/mol. The summed E-state index contributed by atoms with van der Waals surface area (Å²) in [4.78, 5) is 42.4. The number of carbonyl (C=O) groups is 3. The second kappa shape index (κ2) is 12.6. The van der Waals surface area contributed by atoms with Gasteiger partial charge in [0.2, 0.25) is 11.8 Å². The van der Waals surface area contributed by atoms with Crippen molar-refractivity contribution < 1.29 is 28.6 Å². The molecule has 0 bridgehead atoms. The average molecular weight is 555 g/mol. The standard InChI is InChI=1S/C32H46N2O6/c1-31(2)15-13-27-32(21-31,30(37)40-5)19-24(18-28(35)33-20-23-9-7-6-8-10-23)29(36)34(27)16-14-22-11-12-25(38-3)26(17-22)39-4/h11-13,17,23-24H,6-10,14-16,18-21H2,1-5H3,(H,33,35)/t24-,32-/m1/s1. The Hall–Kier alpha value is -3.03. The lowest BCUT2D eigenvalue weighted by Gasteiger charge is -2.51. The molecule has 2 aliphatic carbocycles. The number of esters is 1. The number of methoxy groups -OCH3 is 3. The van der Waals surface area contributed by atoms with Gasteiger partial charge in [-0.3, -0.25) is 14.4 Å². The van der Waals surface area contributed by atoms with Crippen molar-refractivity contribution in [3.63, 3.8) is 0 Å². The first-order valence-electron chi connectivity index (χ1n) is 14.7. The highest BCUT2D eigenvalue weighted by atomic mass is 16.5. The fourth-order valence-corrected chi connectivity index (χ4v) is 7.01. The maximum Gasteiger partial charge on any atom is 0.317 e. The number of fused-ring (bicyclic) bond motifs is 1. The molecular weight excluding hydrogens is 508 g/mol. The van der Waals surface area contributed by atoms with E-state index < -0.39 is 11.3 Å². The van der Waals surface area contributed by atoms with Crippen LogP contribution in [0.1, 0.15) is 77.2 Å². The molecule has 0 aromatic heterocycles. The van der Waals surface area contributed by atoms with E-state index in [1.165, 1.54) is 26.4 Å². The molecule has 0 radical (unpaired) electrons. The van der Waals surface area contributed by atoms with Gasteiger partial charge in [-0.1, -0.05) is 45.3 Å². The maximum absolute atomic E-state index is 14.0. The summed E-state index contributed by atoms with van der Waals surface area (Å²) in [5.74, 6) is 0.629. The third-order valence-corrected chi connectivity index (χ3v) is 9.01. The molecule has 8 nitrogen and oxygen atoms in total. The number of amides is 2. The summed E-state index contributed by atoms with van der Waals surface area (Å²) in [7, 11) is 4.60. The van der Waals surface area contributed by atoms with Crippen LogP contribution in [0.4, 0.5) is 0 Å². The highest BCUT2D eigenvalue weighted by Crippen LogP contribution is 2.54. The SMILES string of the molecule is COC(=O)[C@@]12C[C@@H](CC(=O)NCC3CCCCC3)C(=O)N(CCc3ccc(OC)c(OC)c3)C1=CCC(C)(C)C2. The molecule has 1 heterocycles. The number of hydrogen-bond donors (Lipinski definition) is 1. The summed E-state index contributed by atoms with van der Waals surface area (Å²) < 4.78 is 16.2. The van der Waals surface area contributed by atoms with Crippen LogP contribution in [0.3, 0.4) is 0 Å². The van der Waals surface area contributed by atoms with Crippen molar-refractivity contribution in [2.45, 2.75) is 78.1 Å². The number of rotatable bonds is 10. The molecule has 0 unspecified atom stereocenters. The van der Waals surface area contributed by atoms with Gasteiger partial charge in [-0.15, -0.1) is 0 Å².